The number of pyridine rings is 1. The van der Waals surface area contributed by atoms with E-state index in [9.17, 15) is 37.5 Å². The monoisotopic (exact) mass is 836 g/mol. The van der Waals surface area contributed by atoms with Crippen molar-refractivity contribution in [3.63, 3.8) is 0 Å². The van der Waals surface area contributed by atoms with Gasteiger partial charge in [0.1, 0.15) is 0 Å². The molecule has 2 aliphatic carbocycles. The Morgan fingerprint density at radius 3 is 2.36 bits per heavy atom. The number of allylic oxidation sites excluding steroid dienone is 2. The zero-order valence-electron chi connectivity index (χ0n) is 27.4. The van der Waals surface area contributed by atoms with Gasteiger partial charge in [0, 0.05) is 17.1 Å². The van der Waals surface area contributed by atoms with E-state index in [0.717, 1.165) is 7.11 Å². The number of hydrogen-bond donors (Lipinski definition) is 2. The number of hydrogen-bond acceptors (Lipinski definition) is 10. The quantitative estimate of drug-likeness (QED) is 0.211. The van der Waals surface area contributed by atoms with Crippen molar-refractivity contribution in [1.29, 1.82) is 0 Å². The van der Waals surface area contributed by atoms with Gasteiger partial charge in [-0.25, -0.2) is 9.78 Å². The lowest BCUT2D eigenvalue weighted by Crippen LogP contribution is -2.53. The number of imide groups is 4. The second-order valence-electron chi connectivity index (χ2n) is 13.0. The fourth-order valence-corrected chi connectivity index (χ4v) is 9.14. The van der Waals surface area contributed by atoms with Crippen LogP contribution in [-0.2, 0) is 35.5 Å². The molecule has 2 N–H and O–H groups in total. The number of nitrogens with one attached hydrogen (secondary N) is 1. The molecule has 6 atom stereocenters. The van der Waals surface area contributed by atoms with Crippen LogP contribution < -0.4 is 10.2 Å². The molecule has 1 saturated carbocycles. The standard InChI is InChI=1S/C35H26BrCl2F3N4O8/c1-52-24-10-14(9-22(36)27(24)46)26-18-7-8-19-25(31(49)44(29(19)47)33(51)53-2)20(18)12-21-30(48)45(32(50)34(21,26)15-3-5-17(37)6-4-15)43-28-23(38)11-16(13-42-28)35(39,40)41/h3-7,9-11,13,19-21,25-26,46H,8,12H2,1-2H3,(H,42,43). The number of ether oxygens (including phenoxy) is 2. The van der Waals surface area contributed by atoms with Crippen molar-refractivity contribution in [1.82, 2.24) is 14.9 Å². The first kappa shape index (κ1) is 36.7. The van der Waals surface area contributed by atoms with Gasteiger partial charge in [-0.3, -0.25) is 24.6 Å². The van der Waals surface area contributed by atoms with E-state index in [1.165, 1.54) is 31.4 Å². The minimum absolute atomic E-state index is 0.00198. The van der Waals surface area contributed by atoms with Gasteiger partial charge in [-0.1, -0.05) is 47.0 Å². The summed E-state index contributed by atoms with van der Waals surface area (Å²) in [5, 5.41) is 11.2. The van der Waals surface area contributed by atoms with Gasteiger partial charge in [-0.15, -0.1) is 0 Å². The van der Waals surface area contributed by atoms with Crippen LogP contribution in [0.3, 0.4) is 0 Å². The number of aromatic nitrogens is 1. The highest BCUT2D eigenvalue weighted by atomic mass is 79.9. The third-order valence-electron chi connectivity index (χ3n) is 10.5. The van der Waals surface area contributed by atoms with Gasteiger partial charge in [0.25, 0.3) is 11.8 Å². The summed E-state index contributed by atoms with van der Waals surface area (Å²) in [6, 6.07) is 9.82. The Balaban J connectivity index is 1.46. The number of rotatable bonds is 5. The number of methoxy groups -OCH3 is 2. The molecule has 7 rings (SSSR count). The van der Waals surface area contributed by atoms with E-state index in [0.29, 0.717) is 43.9 Å². The molecule has 0 spiro atoms. The first-order chi connectivity index (χ1) is 25.1. The number of nitrogens with zero attached hydrogens (tertiary/aromatic N) is 3. The molecule has 3 fully saturated rings. The average molecular weight is 838 g/mol. The van der Waals surface area contributed by atoms with Gasteiger partial charge in [0.2, 0.25) is 11.8 Å². The maximum Gasteiger partial charge on any atom is 0.423 e. The minimum Gasteiger partial charge on any atom is -0.503 e. The second kappa shape index (κ2) is 13.0. The number of phenolic OH excluding ortho intramolecular Hbond substituents is 1. The SMILES string of the molecule is COC(=O)N1C(=O)C2CC=C3C(CC4C(=O)N(Nc5ncc(C(F)(F)F)cc5Cl)C(=O)C4(c4ccc(Cl)cc4)C3c3cc(Br)c(O)c(OC)c3)C2C1=O. The predicted octanol–water partition coefficient (Wildman–Crippen LogP) is 6.64. The van der Waals surface area contributed by atoms with Crippen LogP contribution in [0.1, 0.15) is 35.4 Å². The first-order valence-electron chi connectivity index (χ1n) is 15.9. The highest BCUT2D eigenvalue weighted by molar-refractivity contribution is 9.10. The van der Waals surface area contributed by atoms with Crippen molar-refractivity contribution < 1.29 is 51.7 Å². The maximum atomic E-state index is 15.2. The zero-order valence-corrected chi connectivity index (χ0v) is 30.5. The van der Waals surface area contributed by atoms with Crippen LogP contribution in [-0.4, -0.2) is 63.9 Å². The number of likely N-dealkylation sites (tertiary alicyclic amines) is 1. The molecule has 1 aromatic heterocycles. The van der Waals surface area contributed by atoms with Gasteiger partial charge < -0.3 is 14.6 Å². The summed E-state index contributed by atoms with van der Waals surface area (Å²) in [5.74, 6) is -9.30. The molecule has 2 saturated heterocycles. The van der Waals surface area contributed by atoms with Gasteiger partial charge in [0.15, 0.2) is 17.3 Å². The van der Waals surface area contributed by atoms with E-state index < -0.39 is 87.3 Å². The fraction of sp³-hybridized carbons (Fsp3) is 0.314. The lowest BCUT2D eigenvalue weighted by Gasteiger charge is -2.50. The van der Waals surface area contributed by atoms with Gasteiger partial charge in [0.05, 0.1) is 52.4 Å². The van der Waals surface area contributed by atoms with Crippen molar-refractivity contribution in [3.05, 3.63) is 91.5 Å². The number of hydrazine groups is 1. The minimum atomic E-state index is -4.78. The number of halogens is 6. The third kappa shape index (κ3) is 5.47. The molecule has 3 heterocycles. The van der Waals surface area contributed by atoms with Crippen LogP contribution in [0.2, 0.25) is 10.0 Å². The molecular weight excluding hydrogens is 812 g/mol. The van der Waals surface area contributed by atoms with E-state index in [4.69, 9.17) is 32.7 Å². The molecule has 4 aliphatic rings. The molecule has 0 bridgehead atoms. The van der Waals surface area contributed by atoms with Crippen LogP contribution >= 0.6 is 39.1 Å². The molecule has 2 aliphatic heterocycles. The summed E-state index contributed by atoms with van der Waals surface area (Å²) in [7, 11) is 2.35. The van der Waals surface area contributed by atoms with Crippen LogP contribution in [0, 0.1) is 23.7 Å². The Morgan fingerprint density at radius 2 is 1.74 bits per heavy atom. The summed E-state index contributed by atoms with van der Waals surface area (Å²) >= 11 is 15.8. The van der Waals surface area contributed by atoms with E-state index in [-0.39, 0.29) is 28.8 Å². The number of anilines is 1. The van der Waals surface area contributed by atoms with Crippen molar-refractivity contribution in [2.24, 2.45) is 23.7 Å². The van der Waals surface area contributed by atoms with Crippen molar-refractivity contribution in [3.8, 4) is 11.5 Å². The number of carbonyl (C=O) groups excluding carboxylic acids is 5. The summed E-state index contributed by atoms with van der Waals surface area (Å²) in [5.41, 5.74) is 0.733. The number of benzene rings is 2. The van der Waals surface area contributed by atoms with Crippen molar-refractivity contribution in [2.45, 2.75) is 30.4 Å². The highest BCUT2D eigenvalue weighted by Gasteiger charge is 2.70. The van der Waals surface area contributed by atoms with Crippen molar-refractivity contribution in [2.75, 3.05) is 19.6 Å². The van der Waals surface area contributed by atoms with Crippen LogP contribution in [0.15, 0.2) is 64.8 Å². The summed E-state index contributed by atoms with van der Waals surface area (Å²) in [4.78, 5) is 74.2. The fourth-order valence-electron chi connectivity index (χ4n) is 8.35. The predicted molar refractivity (Wildman–Crippen MR) is 183 cm³/mol. The summed E-state index contributed by atoms with van der Waals surface area (Å²) in [6.45, 7) is 0. The van der Waals surface area contributed by atoms with Gasteiger partial charge >= 0.3 is 12.3 Å². The van der Waals surface area contributed by atoms with Crippen LogP contribution in [0.5, 0.6) is 11.5 Å². The number of aromatic hydroxyl groups is 1. The number of amides is 5. The van der Waals surface area contributed by atoms with E-state index in [2.05, 4.69) is 26.3 Å². The van der Waals surface area contributed by atoms with Gasteiger partial charge in [-0.2, -0.15) is 23.1 Å². The Morgan fingerprint density at radius 1 is 1.04 bits per heavy atom. The maximum absolute atomic E-state index is 15.2. The summed E-state index contributed by atoms with van der Waals surface area (Å²) in [6.07, 6.45) is -3.88. The second-order valence-corrected chi connectivity index (χ2v) is 14.7. The highest BCUT2D eigenvalue weighted by Crippen LogP contribution is 2.64. The molecule has 5 amide bonds. The number of carbonyl (C=O) groups is 5. The number of phenols is 1. The number of alkyl halides is 3. The van der Waals surface area contributed by atoms with E-state index in [1.807, 2.05) is 0 Å². The molecule has 3 aromatic rings. The largest absolute Gasteiger partial charge is 0.503 e. The molecule has 276 valence electrons. The Kier molecular flexibility index (Phi) is 9.01. The number of fused-ring (bicyclic) bond motifs is 4. The third-order valence-corrected chi connectivity index (χ3v) is 11.7. The average Bonchev–Trinajstić information content (AvgIpc) is 3.50. The van der Waals surface area contributed by atoms with Crippen LogP contribution in [0.4, 0.5) is 23.8 Å². The van der Waals surface area contributed by atoms with Gasteiger partial charge in [-0.05, 0) is 76.1 Å². The molecule has 12 nitrogen and oxygen atoms in total. The molecule has 2 aromatic carbocycles. The lowest BCUT2D eigenvalue weighted by atomic mass is 9.49. The molecule has 0 radical (unpaired) electrons. The Labute approximate surface area is 316 Å². The first-order valence-corrected chi connectivity index (χ1v) is 17.5. The molecule has 6 unspecified atom stereocenters. The summed E-state index contributed by atoms with van der Waals surface area (Å²) < 4.78 is 50.7. The topological polar surface area (TPSA) is 155 Å². The normalized spacial score (nSPS) is 26.6. The van der Waals surface area contributed by atoms with Crippen molar-refractivity contribution >= 4 is 74.7 Å². The Bertz CT molecular complexity index is 2150. The molecule has 53 heavy (non-hydrogen) atoms. The molecular formula is C35H26BrCl2F3N4O8. The van der Waals surface area contributed by atoms with E-state index >= 15 is 4.79 Å². The van der Waals surface area contributed by atoms with E-state index in [1.54, 1.807) is 18.2 Å². The lowest BCUT2D eigenvalue weighted by molar-refractivity contribution is -0.140. The molecule has 18 heteroatoms. The van der Waals surface area contributed by atoms with Crippen LogP contribution in [0.25, 0.3) is 0 Å². The zero-order chi connectivity index (χ0) is 38.3. The smallest absolute Gasteiger partial charge is 0.423 e. The Hall–Kier alpha value is -4.67.